The summed E-state index contributed by atoms with van der Waals surface area (Å²) in [5.41, 5.74) is 0.618. The lowest BCUT2D eigenvalue weighted by Crippen LogP contribution is -2.45. The van der Waals surface area contributed by atoms with Gasteiger partial charge in [-0.25, -0.2) is 18.0 Å². The summed E-state index contributed by atoms with van der Waals surface area (Å²) >= 11 is 0. The summed E-state index contributed by atoms with van der Waals surface area (Å²) in [7, 11) is 0. The second-order valence-electron chi connectivity index (χ2n) is 6.11. The zero-order valence-electron chi connectivity index (χ0n) is 14.2. The van der Waals surface area contributed by atoms with E-state index in [4.69, 9.17) is 4.74 Å². The van der Waals surface area contributed by atoms with Gasteiger partial charge < -0.3 is 15.0 Å². The minimum Gasteiger partial charge on any atom is -0.410 e. The maximum atomic E-state index is 13.6. The van der Waals surface area contributed by atoms with Crippen molar-refractivity contribution in [2.45, 2.75) is 18.9 Å². The molecule has 0 bridgehead atoms. The van der Waals surface area contributed by atoms with Crippen molar-refractivity contribution in [2.24, 2.45) is 0 Å². The van der Waals surface area contributed by atoms with Gasteiger partial charge in [0.2, 0.25) is 0 Å². The van der Waals surface area contributed by atoms with Crippen LogP contribution in [0.15, 0.2) is 42.5 Å². The number of hydrogen-bond acceptors (Lipinski definition) is 3. The Balaban J connectivity index is 1.78. The Bertz CT molecular complexity index is 783. The molecule has 1 N–H and O–H groups in total. The Morgan fingerprint density at radius 1 is 1.12 bits per heavy atom. The van der Waals surface area contributed by atoms with Crippen LogP contribution in [-0.4, -0.2) is 36.7 Å². The van der Waals surface area contributed by atoms with Crippen LogP contribution in [0.1, 0.15) is 18.4 Å². The van der Waals surface area contributed by atoms with Crippen LogP contribution >= 0.6 is 0 Å². The molecule has 0 spiro atoms. The summed E-state index contributed by atoms with van der Waals surface area (Å²) in [5.74, 6) is -2.18. The van der Waals surface area contributed by atoms with Crippen LogP contribution < -0.4 is 10.1 Å². The van der Waals surface area contributed by atoms with Crippen molar-refractivity contribution >= 4 is 6.09 Å². The van der Waals surface area contributed by atoms with Gasteiger partial charge >= 0.3 is 6.09 Å². The molecule has 1 aliphatic rings. The molecule has 0 saturated carbocycles. The number of ether oxygens (including phenoxy) is 1. The summed E-state index contributed by atoms with van der Waals surface area (Å²) in [6, 6.07) is 8.69. The Hall–Kier alpha value is -2.54. The van der Waals surface area contributed by atoms with Crippen LogP contribution in [0.3, 0.4) is 0 Å². The maximum absolute atomic E-state index is 13.6. The number of amides is 1. The second kappa shape index (κ2) is 7.78. The Labute approximate surface area is 149 Å². The zero-order valence-corrected chi connectivity index (χ0v) is 14.2. The van der Waals surface area contributed by atoms with Gasteiger partial charge in [0.1, 0.15) is 11.6 Å². The molecule has 26 heavy (non-hydrogen) atoms. The van der Waals surface area contributed by atoms with Crippen LogP contribution in [0.4, 0.5) is 18.0 Å². The van der Waals surface area contributed by atoms with Crippen LogP contribution in [0, 0.1) is 17.5 Å². The lowest BCUT2D eigenvalue weighted by molar-refractivity contribution is 0.134. The molecule has 0 aliphatic carbocycles. The fourth-order valence-electron chi connectivity index (χ4n) is 3.24. The standard InChI is InChI=1S/C19H19F3N2O2/c1-2-24(19(25)26-14-6-4-13(20)5-7-14)18-11-23-10-15(18)12-3-8-16(21)17(22)9-12/h3-9,15,18,23H,2,10-11H2,1H3. The molecule has 2 unspecified atom stereocenters. The molecule has 1 amide bonds. The minimum absolute atomic E-state index is 0.189. The van der Waals surface area contributed by atoms with Gasteiger partial charge in [0.15, 0.2) is 11.6 Å². The molecule has 1 heterocycles. The third kappa shape index (κ3) is 3.83. The van der Waals surface area contributed by atoms with Crippen molar-refractivity contribution in [3.05, 3.63) is 65.5 Å². The lowest BCUT2D eigenvalue weighted by Gasteiger charge is -2.31. The number of nitrogens with zero attached hydrogens (tertiary/aromatic N) is 1. The normalized spacial score (nSPS) is 19.4. The minimum atomic E-state index is -0.912. The first kappa shape index (κ1) is 18.3. The number of nitrogens with one attached hydrogen (secondary N) is 1. The Morgan fingerprint density at radius 3 is 2.50 bits per heavy atom. The summed E-state index contributed by atoms with van der Waals surface area (Å²) in [6.45, 7) is 3.24. The number of benzene rings is 2. The van der Waals surface area contributed by atoms with E-state index in [-0.39, 0.29) is 17.7 Å². The van der Waals surface area contributed by atoms with Crippen LogP contribution in [-0.2, 0) is 0 Å². The molecule has 2 atom stereocenters. The predicted molar refractivity (Wildman–Crippen MR) is 90.6 cm³/mol. The van der Waals surface area contributed by atoms with Gasteiger partial charge in [-0.3, -0.25) is 0 Å². The third-order valence-electron chi connectivity index (χ3n) is 4.55. The SMILES string of the molecule is CCN(C(=O)Oc1ccc(F)cc1)C1CNCC1c1ccc(F)c(F)c1. The highest BCUT2D eigenvalue weighted by molar-refractivity contribution is 5.71. The predicted octanol–water partition coefficient (Wildman–Crippen LogP) is 3.68. The number of likely N-dealkylation sites (N-methyl/N-ethyl adjacent to an activating group) is 1. The Morgan fingerprint density at radius 2 is 1.85 bits per heavy atom. The smallest absolute Gasteiger partial charge is 0.410 e. The molecule has 1 saturated heterocycles. The average molecular weight is 364 g/mol. The molecule has 3 rings (SSSR count). The molecular weight excluding hydrogens is 345 g/mol. The molecular formula is C19H19F3N2O2. The molecule has 138 valence electrons. The highest BCUT2D eigenvalue weighted by Crippen LogP contribution is 2.28. The van der Waals surface area contributed by atoms with E-state index in [2.05, 4.69) is 5.32 Å². The molecule has 1 aliphatic heterocycles. The van der Waals surface area contributed by atoms with Gasteiger partial charge in [0.25, 0.3) is 0 Å². The van der Waals surface area contributed by atoms with Gasteiger partial charge in [-0.15, -0.1) is 0 Å². The van der Waals surface area contributed by atoms with Gasteiger partial charge in [-0.2, -0.15) is 0 Å². The van der Waals surface area contributed by atoms with E-state index in [1.807, 2.05) is 6.92 Å². The molecule has 1 fully saturated rings. The van der Waals surface area contributed by atoms with E-state index in [0.717, 1.165) is 6.07 Å². The van der Waals surface area contributed by atoms with Crippen molar-refractivity contribution in [1.29, 1.82) is 0 Å². The largest absolute Gasteiger partial charge is 0.415 e. The number of halogens is 3. The van der Waals surface area contributed by atoms with Crippen molar-refractivity contribution in [3.63, 3.8) is 0 Å². The van der Waals surface area contributed by atoms with Crippen molar-refractivity contribution < 1.29 is 22.7 Å². The number of rotatable bonds is 4. The van der Waals surface area contributed by atoms with Crippen molar-refractivity contribution in [3.8, 4) is 5.75 Å². The number of carbonyl (C=O) groups excluding carboxylic acids is 1. The van der Waals surface area contributed by atoms with Gasteiger partial charge in [0, 0.05) is 25.6 Å². The topological polar surface area (TPSA) is 41.6 Å². The molecule has 2 aromatic carbocycles. The maximum Gasteiger partial charge on any atom is 0.415 e. The second-order valence-corrected chi connectivity index (χ2v) is 6.11. The molecule has 0 aromatic heterocycles. The first-order chi connectivity index (χ1) is 12.5. The van der Waals surface area contributed by atoms with Gasteiger partial charge in [-0.05, 0) is 48.9 Å². The fraction of sp³-hybridized carbons (Fsp3) is 0.316. The van der Waals surface area contributed by atoms with Crippen molar-refractivity contribution in [1.82, 2.24) is 10.2 Å². The summed E-state index contributed by atoms with van der Waals surface area (Å²) in [4.78, 5) is 14.1. The van der Waals surface area contributed by atoms with E-state index < -0.39 is 23.5 Å². The van der Waals surface area contributed by atoms with E-state index in [0.29, 0.717) is 25.2 Å². The summed E-state index contributed by atoms with van der Waals surface area (Å²) in [6.07, 6.45) is -0.569. The highest BCUT2D eigenvalue weighted by atomic mass is 19.2. The molecule has 2 aromatic rings. The first-order valence-electron chi connectivity index (χ1n) is 8.39. The van der Waals surface area contributed by atoms with E-state index in [1.54, 1.807) is 0 Å². The lowest BCUT2D eigenvalue weighted by atomic mass is 9.93. The van der Waals surface area contributed by atoms with Gasteiger partial charge in [-0.1, -0.05) is 6.07 Å². The quantitative estimate of drug-likeness (QED) is 0.900. The van der Waals surface area contributed by atoms with Crippen LogP contribution in [0.5, 0.6) is 5.75 Å². The fourth-order valence-corrected chi connectivity index (χ4v) is 3.24. The average Bonchev–Trinajstić information content (AvgIpc) is 3.09. The summed E-state index contributed by atoms with van der Waals surface area (Å²) < 4.78 is 45.1. The van der Waals surface area contributed by atoms with Gasteiger partial charge in [0.05, 0.1) is 6.04 Å². The molecule has 0 radical (unpaired) electrons. The molecule has 7 heteroatoms. The highest BCUT2D eigenvalue weighted by Gasteiger charge is 2.36. The first-order valence-corrected chi connectivity index (χ1v) is 8.39. The van der Waals surface area contributed by atoms with Crippen LogP contribution in [0.25, 0.3) is 0 Å². The number of carbonyl (C=O) groups is 1. The Kier molecular flexibility index (Phi) is 5.46. The summed E-state index contributed by atoms with van der Waals surface area (Å²) in [5, 5.41) is 3.18. The monoisotopic (exact) mass is 364 g/mol. The number of hydrogen-bond donors (Lipinski definition) is 1. The zero-order chi connectivity index (χ0) is 18.7. The van der Waals surface area contributed by atoms with Crippen molar-refractivity contribution in [2.75, 3.05) is 19.6 Å². The van der Waals surface area contributed by atoms with E-state index in [9.17, 15) is 18.0 Å². The molecule has 4 nitrogen and oxygen atoms in total. The van der Waals surface area contributed by atoms with E-state index >= 15 is 0 Å². The van der Waals surface area contributed by atoms with E-state index in [1.165, 1.54) is 41.3 Å². The third-order valence-corrected chi connectivity index (χ3v) is 4.55. The van der Waals surface area contributed by atoms with Crippen LogP contribution in [0.2, 0.25) is 0 Å².